The van der Waals surface area contributed by atoms with Gasteiger partial charge >= 0.3 is 5.97 Å². The Kier molecular flexibility index (Phi) is 3.49. The molecule has 0 unspecified atom stereocenters. The lowest BCUT2D eigenvalue weighted by Crippen LogP contribution is -2.07. The second-order valence-corrected chi connectivity index (χ2v) is 2.90. The molecule has 0 aromatic carbocycles. The summed E-state index contributed by atoms with van der Waals surface area (Å²) in [4.78, 5) is 17.8. The maximum Gasteiger partial charge on any atom is 0.344 e. The molecule has 0 aliphatic rings. The molecule has 0 spiro atoms. The molecular formula is C7H6Cl2N2O3. The summed E-state index contributed by atoms with van der Waals surface area (Å²) in [6, 6.07) is 0. The molecule has 76 valence electrons. The zero-order chi connectivity index (χ0) is 10.7. The summed E-state index contributed by atoms with van der Waals surface area (Å²) in [5.74, 6) is -1.37. The van der Waals surface area contributed by atoms with Crippen molar-refractivity contribution in [2.24, 2.45) is 0 Å². The van der Waals surface area contributed by atoms with Gasteiger partial charge in [-0.05, 0) is 18.5 Å². The minimum absolute atomic E-state index is 0.120. The molecule has 0 radical (unpaired) electrons. The van der Waals surface area contributed by atoms with Crippen LogP contribution in [0.3, 0.4) is 0 Å². The number of rotatable bonds is 3. The largest absolute Gasteiger partial charge is 0.477 e. The number of hydrogen-bond acceptors (Lipinski definition) is 4. The molecule has 1 rings (SSSR count). The Morgan fingerprint density at radius 2 is 2.14 bits per heavy atom. The molecule has 0 atom stereocenters. The molecule has 1 aromatic heterocycles. The van der Waals surface area contributed by atoms with Crippen molar-refractivity contribution in [1.82, 2.24) is 9.97 Å². The zero-order valence-electron chi connectivity index (χ0n) is 7.12. The first-order valence-corrected chi connectivity index (χ1v) is 4.41. The predicted octanol–water partition coefficient (Wildman–Crippen LogP) is 1.88. The van der Waals surface area contributed by atoms with Gasteiger partial charge in [0.05, 0.1) is 6.61 Å². The van der Waals surface area contributed by atoms with E-state index in [0.717, 1.165) is 0 Å². The number of hydrogen-bond donors (Lipinski definition) is 1. The molecule has 0 amide bonds. The van der Waals surface area contributed by atoms with Gasteiger partial charge in [0.15, 0.2) is 10.7 Å². The first kappa shape index (κ1) is 11.0. The monoisotopic (exact) mass is 236 g/mol. The number of ether oxygens (including phenoxy) is 1. The van der Waals surface area contributed by atoms with Gasteiger partial charge in [0.25, 0.3) is 0 Å². The van der Waals surface area contributed by atoms with E-state index in [9.17, 15) is 4.79 Å². The highest BCUT2D eigenvalue weighted by atomic mass is 35.5. The van der Waals surface area contributed by atoms with Crippen molar-refractivity contribution in [3.05, 3.63) is 16.0 Å². The Balaban J connectivity index is 3.28. The van der Waals surface area contributed by atoms with Gasteiger partial charge in [0.1, 0.15) is 0 Å². The third kappa shape index (κ3) is 2.24. The molecule has 5 nitrogen and oxygen atoms in total. The molecule has 1 N–H and O–H groups in total. The number of carboxylic acids is 1. The molecule has 14 heavy (non-hydrogen) atoms. The molecule has 0 aliphatic heterocycles. The summed E-state index contributed by atoms with van der Waals surface area (Å²) >= 11 is 11.1. The van der Waals surface area contributed by atoms with Gasteiger partial charge in [0.2, 0.25) is 11.2 Å². The smallest absolute Gasteiger partial charge is 0.344 e. The zero-order valence-corrected chi connectivity index (χ0v) is 8.63. The number of nitrogens with zero attached hydrogens (tertiary/aromatic N) is 2. The number of halogens is 2. The molecule has 0 fully saturated rings. The van der Waals surface area contributed by atoms with Crippen LogP contribution in [0.2, 0.25) is 10.4 Å². The summed E-state index contributed by atoms with van der Waals surface area (Å²) < 4.78 is 4.96. The van der Waals surface area contributed by atoms with Crippen LogP contribution in [0.25, 0.3) is 0 Å². The Morgan fingerprint density at radius 1 is 1.50 bits per heavy atom. The van der Waals surface area contributed by atoms with Crippen molar-refractivity contribution < 1.29 is 14.6 Å². The fourth-order valence-electron chi connectivity index (χ4n) is 0.811. The second-order valence-electron chi connectivity index (χ2n) is 2.20. The highest BCUT2D eigenvalue weighted by Gasteiger charge is 2.19. The lowest BCUT2D eigenvalue weighted by atomic mass is 10.3. The Morgan fingerprint density at radius 3 is 2.64 bits per heavy atom. The molecule has 0 saturated carbocycles. The van der Waals surface area contributed by atoms with Crippen LogP contribution in [-0.2, 0) is 0 Å². The van der Waals surface area contributed by atoms with E-state index in [4.69, 9.17) is 33.0 Å². The average Bonchev–Trinajstić information content (AvgIpc) is 2.01. The van der Waals surface area contributed by atoms with Crippen LogP contribution >= 0.6 is 23.2 Å². The summed E-state index contributed by atoms with van der Waals surface area (Å²) in [7, 11) is 0. The van der Waals surface area contributed by atoms with Gasteiger partial charge in [0, 0.05) is 0 Å². The predicted molar refractivity (Wildman–Crippen MR) is 50.2 cm³/mol. The van der Waals surface area contributed by atoms with Crippen LogP contribution in [0, 0.1) is 0 Å². The first-order chi connectivity index (χ1) is 6.56. The van der Waals surface area contributed by atoms with Crippen molar-refractivity contribution >= 4 is 29.2 Å². The number of aromatic nitrogens is 2. The Hall–Kier alpha value is -1.07. The standard InChI is InChI=1S/C7H6Cl2N2O3/c1-2-14-5-3(6(12)13)4(8)10-7(9)11-5/h2H2,1H3,(H,12,13). The summed E-state index contributed by atoms with van der Waals surface area (Å²) in [5.41, 5.74) is -0.280. The molecule has 0 aliphatic carbocycles. The molecule has 7 heteroatoms. The molecule has 1 aromatic rings. The van der Waals surface area contributed by atoms with Gasteiger partial charge < -0.3 is 9.84 Å². The quantitative estimate of drug-likeness (QED) is 0.641. The Bertz CT molecular complexity index is 370. The fourth-order valence-corrected chi connectivity index (χ4v) is 1.26. The molecular weight excluding hydrogens is 231 g/mol. The number of aromatic carboxylic acids is 1. The van der Waals surface area contributed by atoms with Crippen LogP contribution in [-0.4, -0.2) is 27.7 Å². The normalized spacial score (nSPS) is 9.93. The minimum Gasteiger partial charge on any atom is -0.477 e. The van der Waals surface area contributed by atoms with Crippen molar-refractivity contribution in [3.8, 4) is 5.88 Å². The highest BCUT2D eigenvalue weighted by Crippen LogP contribution is 2.24. The number of carbonyl (C=O) groups is 1. The maximum absolute atomic E-state index is 10.7. The van der Waals surface area contributed by atoms with Gasteiger partial charge in [-0.25, -0.2) is 9.78 Å². The van der Waals surface area contributed by atoms with E-state index >= 15 is 0 Å². The van der Waals surface area contributed by atoms with Crippen molar-refractivity contribution in [2.75, 3.05) is 6.61 Å². The van der Waals surface area contributed by atoms with Gasteiger partial charge in [-0.15, -0.1) is 0 Å². The van der Waals surface area contributed by atoms with Crippen molar-refractivity contribution in [1.29, 1.82) is 0 Å². The molecule has 0 bridgehead atoms. The summed E-state index contributed by atoms with van der Waals surface area (Å²) in [6.07, 6.45) is 0. The van der Waals surface area contributed by atoms with Crippen LogP contribution in [0.5, 0.6) is 5.88 Å². The summed E-state index contributed by atoms with van der Waals surface area (Å²) in [5, 5.41) is 8.39. The fraction of sp³-hybridized carbons (Fsp3) is 0.286. The average molecular weight is 237 g/mol. The van der Waals surface area contributed by atoms with E-state index in [1.807, 2.05) is 0 Å². The summed E-state index contributed by atoms with van der Waals surface area (Å²) in [6.45, 7) is 1.96. The van der Waals surface area contributed by atoms with E-state index in [1.165, 1.54) is 0 Å². The van der Waals surface area contributed by atoms with Crippen molar-refractivity contribution in [2.45, 2.75) is 6.92 Å². The van der Waals surface area contributed by atoms with E-state index in [0.29, 0.717) is 0 Å². The lowest BCUT2D eigenvalue weighted by molar-refractivity contribution is 0.0691. The van der Waals surface area contributed by atoms with Crippen molar-refractivity contribution in [3.63, 3.8) is 0 Å². The second kappa shape index (κ2) is 4.43. The lowest BCUT2D eigenvalue weighted by Gasteiger charge is -2.06. The molecule has 0 saturated heterocycles. The maximum atomic E-state index is 10.7. The highest BCUT2D eigenvalue weighted by molar-refractivity contribution is 6.34. The van der Waals surface area contributed by atoms with E-state index in [2.05, 4.69) is 9.97 Å². The topological polar surface area (TPSA) is 72.3 Å². The van der Waals surface area contributed by atoms with E-state index in [-0.39, 0.29) is 28.5 Å². The third-order valence-electron chi connectivity index (χ3n) is 1.30. The minimum atomic E-state index is -1.25. The Labute approximate surface area is 89.6 Å². The SMILES string of the molecule is CCOc1nc(Cl)nc(Cl)c1C(=O)O. The third-order valence-corrected chi connectivity index (χ3v) is 1.74. The van der Waals surface area contributed by atoms with E-state index < -0.39 is 5.97 Å². The van der Waals surface area contributed by atoms with Gasteiger partial charge in [-0.1, -0.05) is 11.6 Å². The van der Waals surface area contributed by atoms with Crippen LogP contribution in [0.4, 0.5) is 0 Å². The van der Waals surface area contributed by atoms with Gasteiger partial charge in [-0.2, -0.15) is 4.98 Å². The van der Waals surface area contributed by atoms with Crippen LogP contribution in [0.15, 0.2) is 0 Å². The number of carboxylic acid groups (broad SMARTS) is 1. The van der Waals surface area contributed by atoms with Crippen LogP contribution < -0.4 is 4.74 Å². The van der Waals surface area contributed by atoms with Gasteiger partial charge in [-0.3, -0.25) is 0 Å². The van der Waals surface area contributed by atoms with E-state index in [1.54, 1.807) is 6.92 Å². The first-order valence-electron chi connectivity index (χ1n) is 3.65. The van der Waals surface area contributed by atoms with Crippen LogP contribution in [0.1, 0.15) is 17.3 Å². The molecule has 1 heterocycles.